The van der Waals surface area contributed by atoms with E-state index in [4.69, 9.17) is 4.74 Å². The normalized spacial score (nSPS) is 14.0. The molecule has 3 aromatic rings. The second-order valence-electron chi connectivity index (χ2n) is 7.06. The topological polar surface area (TPSA) is 65.6 Å². The number of hydrogen-bond acceptors (Lipinski definition) is 4. The Bertz CT molecular complexity index is 1080. The Morgan fingerprint density at radius 3 is 2.67 bits per heavy atom. The smallest absolute Gasteiger partial charge is 0.262 e. The molecule has 0 saturated carbocycles. The van der Waals surface area contributed by atoms with E-state index in [-0.39, 0.29) is 11.8 Å². The molecule has 1 aliphatic rings. The first kappa shape index (κ1) is 17.5. The maximum atomic E-state index is 13.2. The van der Waals surface area contributed by atoms with E-state index < -0.39 is 0 Å². The van der Waals surface area contributed by atoms with Crippen molar-refractivity contribution >= 4 is 33.6 Å². The lowest BCUT2D eigenvalue weighted by Gasteiger charge is -2.19. The largest absolute Gasteiger partial charge is 0.497 e. The molecule has 0 radical (unpaired) electrons. The highest BCUT2D eigenvalue weighted by molar-refractivity contribution is 6.30. The number of likely N-dealkylation sites (N-methyl/N-ethyl adjacent to an activating group) is 1. The minimum Gasteiger partial charge on any atom is -0.497 e. The Kier molecular flexibility index (Phi) is 4.15. The van der Waals surface area contributed by atoms with Crippen LogP contribution < -0.4 is 4.74 Å². The van der Waals surface area contributed by atoms with Gasteiger partial charge in [-0.3, -0.25) is 14.5 Å². The van der Waals surface area contributed by atoms with Crippen molar-refractivity contribution in [3.8, 4) is 5.75 Å². The molecule has 2 amide bonds. The third-order valence-electron chi connectivity index (χ3n) is 5.46. The van der Waals surface area contributed by atoms with E-state index in [1.54, 1.807) is 7.11 Å². The molecule has 6 heteroatoms. The van der Waals surface area contributed by atoms with Gasteiger partial charge in [0.25, 0.3) is 11.8 Å². The molecular weight excluding hydrogens is 342 g/mol. The van der Waals surface area contributed by atoms with Gasteiger partial charge in [0.1, 0.15) is 5.75 Å². The summed E-state index contributed by atoms with van der Waals surface area (Å²) in [5.74, 6) is 0.298. The third kappa shape index (κ3) is 2.59. The average molecular weight is 365 g/mol. The fourth-order valence-electron chi connectivity index (χ4n) is 3.74. The quantitative estimate of drug-likeness (QED) is 0.705. The van der Waals surface area contributed by atoms with Crippen molar-refractivity contribution in [1.29, 1.82) is 0 Å². The van der Waals surface area contributed by atoms with Gasteiger partial charge in [0, 0.05) is 29.4 Å². The number of methoxy groups -OCH3 is 1. The summed E-state index contributed by atoms with van der Waals surface area (Å²) >= 11 is 0. The van der Waals surface area contributed by atoms with Crippen LogP contribution in [0.4, 0.5) is 0 Å². The number of aromatic nitrogens is 1. The van der Waals surface area contributed by atoms with Crippen molar-refractivity contribution in [3.05, 3.63) is 41.0 Å². The molecule has 0 aliphatic carbocycles. The number of imide groups is 1. The summed E-state index contributed by atoms with van der Waals surface area (Å²) in [6.45, 7) is 5.93. The van der Waals surface area contributed by atoms with Gasteiger partial charge >= 0.3 is 0 Å². The minimum absolute atomic E-state index is 0.207. The fourth-order valence-corrected chi connectivity index (χ4v) is 3.74. The van der Waals surface area contributed by atoms with Crippen molar-refractivity contribution in [2.45, 2.75) is 13.8 Å². The van der Waals surface area contributed by atoms with E-state index >= 15 is 0 Å². The zero-order valence-corrected chi connectivity index (χ0v) is 16.0. The molecule has 0 spiro atoms. The lowest BCUT2D eigenvalue weighted by atomic mass is 9.99. The van der Waals surface area contributed by atoms with Gasteiger partial charge in [0.2, 0.25) is 0 Å². The molecule has 27 heavy (non-hydrogen) atoms. The first-order valence-corrected chi connectivity index (χ1v) is 9.14. The van der Waals surface area contributed by atoms with Crippen molar-refractivity contribution in [1.82, 2.24) is 14.8 Å². The number of benzene rings is 2. The maximum absolute atomic E-state index is 13.2. The van der Waals surface area contributed by atoms with E-state index in [0.717, 1.165) is 39.7 Å². The van der Waals surface area contributed by atoms with Crippen LogP contribution in [0.5, 0.6) is 5.75 Å². The van der Waals surface area contributed by atoms with Gasteiger partial charge in [-0.2, -0.15) is 0 Å². The molecule has 0 unspecified atom stereocenters. The Balaban J connectivity index is 1.91. The molecule has 2 aromatic carbocycles. The highest BCUT2D eigenvalue weighted by Gasteiger charge is 2.38. The summed E-state index contributed by atoms with van der Waals surface area (Å²) in [6, 6.07) is 7.57. The number of hydrogen-bond donors (Lipinski definition) is 1. The van der Waals surface area contributed by atoms with Crippen LogP contribution in [0.15, 0.2) is 24.3 Å². The number of nitrogens with one attached hydrogen (secondary N) is 1. The molecule has 1 aliphatic heterocycles. The highest BCUT2D eigenvalue weighted by atomic mass is 16.5. The summed E-state index contributed by atoms with van der Waals surface area (Å²) in [5.41, 5.74) is 3.76. The number of rotatable bonds is 5. The predicted octanol–water partition coefficient (Wildman–Crippen LogP) is 3.19. The van der Waals surface area contributed by atoms with E-state index in [2.05, 4.69) is 16.8 Å². The van der Waals surface area contributed by atoms with Gasteiger partial charge < -0.3 is 14.6 Å². The van der Waals surface area contributed by atoms with Gasteiger partial charge in [-0.15, -0.1) is 0 Å². The number of ether oxygens (including phenoxy) is 1. The molecule has 1 N–H and O–H groups in total. The van der Waals surface area contributed by atoms with E-state index in [0.29, 0.717) is 24.2 Å². The summed E-state index contributed by atoms with van der Waals surface area (Å²) in [6.07, 6.45) is 0. The molecule has 4 rings (SSSR count). The molecule has 140 valence electrons. The Labute approximate surface area is 157 Å². The Morgan fingerprint density at radius 2 is 1.96 bits per heavy atom. The van der Waals surface area contributed by atoms with Crippen LogP contribution in [0, 0.1) is 6.92 Å². The van der Waals surface area contributed by atoms with Gasteiger partial charge in [0.05, 0.1) is 23.8 Å². The summed E-state index contributed by atoms with van der Waals surface area (Å²) in [4.78, 5) is 33.0. The average Bonchev–Trinajstić information content (AvgIpc) is 3.16. The first-order chi connectivity index (χ1) is 13.0. The van der Waals surface area contributed by atoms with Gasteiger partial charge in [0.15, 0.2) is 0 Å². The molecule has 1 aromatic heterocycles. The lowest BCUT2D eigenvalue weighted by molar-refractivity contribution is 0.0642. The molecule has 0 saturated heterocycles. The van der Waals surface area contributed by atoms with Crippen LogP contribution in [0.2, 0.25) is 0 Å². The molecule has 6 nitrogen and oxygen atoms in total. The van der Waals surface area contributed by atoms with Gasteiger partial charge in [-0.05, 0) is 50.3 Å². The number of nitrogens with zero attached hydrogens (tertiary/aromatic N) is 2. The number of carbonyl (C=O) groups excluding carboxylic acids is 2. The van der Waals surface area contributed by atoms with Gasteiger partial charge in [-0.25, -0.2) is 0 Å². The molecule has 0 fully saturated rings. The fraction of sp³-hybridized carbons (Fsp3) is 0.333. The lowest BCUT2D eigenvalue weighted by Crippen LogP contribution is -2.36. The summed E-state index contributed by atoms with van der Waals surface area (Å²) in [5, 5.41) is 1.71. The first-order valence-electron chi connectivity index (χ1n) is 9.14. The highest BCUT2D eigenvalue weighted by Crippen LogP contribution is 2.38. The van der Waals surface area contributed by atoms with Crippen LogP contribution in [0.1, 0.15) is 33.2 Å². The minimum atomic E-state index is -0.215. The van der Waals surface area contributed by atoms with Crippen LogP contribution in [0.3, 0.4) is 0 Å². The number of fused-ring (bicyclic) bond motifs is 5. The number of aromatic amines is 1. The van der Waals surface area contributed by atoms with E-state index in [9.17, 15) is 9.59 Å². The molecular formula is C21H23N3O3. The number of carbonyl (C=O) groups is 2. The SMILES string of the molecule is CCN(C)CCN1C(=O)c2cc(C)c3[nH]c4ccc(OC)cc4c3c2C1=O. The monoisotopic (exact) mass is 365 g/mol. The number of amides is 2. The standard InChI is InChI=1S/C21H23N3O3/c1-5-23(3)8-9-24-20(25)15-10-12(2)19-17(18(15)21(24)26)14-11-13(27-4)6-7-16(14)22-19/h6-7,10-11,22H,5,8-9H2,1-4H3. The van der Waals surface area contributed by atoms with E-state index in [1.165, 1.54) is 4.90 Å². The second-order valence-corrected chi connectivity index (χ2v) is 7.06. The summed E-state index contributed by atoms with van der Waals surface area (Å²) < 4.78 is 5.35. The van der Waals surface area contributed by atoms with Gasteiger partial charge in [-0.1, -0.05) is 6.92 Å². The summed E-state index contributed by atoms with van der Waals surface area (Å²) in [7, 11) is 3.60. The van der Waals surface area contributed by atoms with Crippen molar-refractivity contribution in [2.24, 2.45) is 0 Å². The van der Waals surface area contributed by atoms with Crippen molar-refractivity contribution < 1.29 is 14.3 Å². The van der Waals surface area contributed by atoms with Crippen LogP contribution >= 0.6 is 0 Å². The Morgan fingerprint density at radius 1 is 1.19 bits per heavy atom. The maximum Gasteiger partial charge on any atom is 0.262 e. The third-order valence-corrected chi connectivity index (χ3v) is 5.46. The Hall–Kier alpha value is -2.86. The van der Waals surface area contributed by atoms with Crippen molar-refractivity contribution in [2.75, 3.05) is 33.8 Å². The van der Waals surface area contributed by atoms with Crippen LogP contribution in [-0.2, 0) is 0 Å². The molecule has 0 bridgehead atoms. The predicted molar refractivity (Wildman–Crippen MR) is 106 cm³/mol. The van der Waals surface area contributed by atoms with Crippen LogP contribution in [0.25, 0.3) is 21.8 Å². The molecule has 0 atom stereocenters. The molecule has 2 heterocycles. The zero-order valence-electron chi connectivity index (χ0n) is 16.0. The van der Waals surface area contributed by atoms with Crippen molar-refractivity contribution in [3.63, 3.8) is 0 Å². The van der Waals surface area contributed by atoms with Crippen LogP contribution in [-0.4, -0.2) is 60.4 Å². The zero-order chi connectivity index (χ0) is 19.3. The van der Waals surface area contributed by atoms with E-state index in [1.807, 2.05) is 38.2 Å². The number of H-pyrrole nitrogens is 1. The second kappa shape index (κ2) is 6.39. The number of aryl methyl sites for hydroxylation is 1.